The molecule has 0 saturated carbocycles. The van der Waals surface area contributed by atoms with E-state index in [0.29, 0.717) is 44.7 Å². The molecular weight excluding hydrogens is 538 g/mol. The van der Waals surface area contributed by atoms with E-state index in [1.165, 1.54) is 4.90 Å². The van der Waals surface area contributed by atoms with E-state index in [4.69, 9.17) is 5.11 Å². The van der Waals surface area contributed by atoms with Crippen molar-refractivity contribution in [1.29, 1.82) is 0 Å². The zero-order chi connectivity index (χ0) is 29.2. The number of hydrogen-bond acceptors (Lipinski definition) is 4. The van der Waals surface area contributed by atoms with Crippen molar-refractivity contribution < 1.29 is 36.2 Å². The highest BCUT2D eigenvalue weighted by Gasteiger charge is 2.39. The number of alkyl halides is 6. The summed E-state index contributed by atoms with van der Waals surface area (Å²) in [5.41, 5.74) is 0.211. The van der Waals surface area contributed by atoms with E-state index >= 15 is 0 Å². The Morgan fingerprint density at radius 2 is 1.62 bits per heavy atom. The molecule has 1 atom stereocenters. The summed E-state index contributed by atoms with van der Waals surface area (Å²) >= 11 is 0. The Morgan fingerprint density at radius 1 is 0.950 bits per heavy atom. The standard InChI is InChI=1S/C28H30F6N4O2/c1-18-3-4-20(9-19(18)2)10-25-17-36(15-21-14-35-37(16-21)7-8-39)5-6-38(25)26(40)22-11-23(27(29,30)31)13-24(12-22)28(32,33)34/h3-4,9,11-14,16,25,39H,5-8,10,15,17H2,1-2H3/t25-/m1/s1. The second kappa shape index (κ2) is 11.6. The fourth-order valence-electron chi connectivity index (χ4n) is 4.92. The number of halogens is 6. The van der Waals surface area contributed by atoms with Crippen LogP contribution in [0.2, 0.25) is 0 Å². The SMILES string of the molecule is Cc1ccc(C[C@@H]2CN(Cc3cnn(CCO)c3)CCN2C(=O)c2cc(C(F)(F)F)cc(C(F)(F)F)c2)cc1C. The van der Waals surface area contributed by atoms with Gasteiger partial charge in [0.25, 0.3) is 5.91 Å². The largest absolute Gasteiger partial charge is 0.416 e. The average molecular weight is 569 g/mol. The number of hydrogen-bond donors (Lipinski definition) is 1. The quantitative estimate of drug-likeness (QED) is 0.403. The lowest BCUT2D eigenvalue weighted by atomic mass is 9.97. The Labute approximate surface area is 227 Å². The van der Waals surface area contributed by atoms with Crippen molar-refractivity contribution in [1.82, 2.24) is 19.6 Å². The van der Waals surface area contributed by atoms with Gasteiger partial charge in [0.2, 0.25) is 0 Å². The predicted molar refractivity (Wildman–Crippen MR) is 135 cm³/mol. The molecule has 0 unspecified atom stereocenters. The maximum Gasteiger partial charge on any atom is 0.416 e. The zero-order valence-corrected chi connectivity index (χ0v) is 22.1. The Kier molecular flexibility index (Phi) is 8.60. The van der Waals surface area contributed by atoms with Gasteiger partial charge in [-0.2, -0.15) is 31.4 Å². The van der Waals surface area contributed by atoms with E-state index in [-0.39, 0.29) is 19.2 Å². The molecule has 0 aliphatic carbocycles. The molecule has 1 N–H and O–H groups in total. The van der Waals surface area contributed by atoms with Crippen LogP contribution in [0.3, 0.4) is 0 Å². The van der Waals surface area contributed by atoms with Crippen molar-refractivity contribution >= 4 is 5.91 Å². The second-order valence-electron chi connectivity index (χ2n) is 10.1. The van der Waals surface area contributed by atoms with E-state index in [2.05, 4.69) is 10.00 Å². The molecule has 4 rings (SSSR count). The Hall–Kier alpha value is -3.38. The van der Waals surface area contributed by atoms with Gasteiger partial charge in [-0.25, -0.2) is 0 Å². The fourth-order valence-corrected chi connectivity index (χ4v) is 4.92. The summed E-state index contributed by atoms with van der Waals surface area (Å²) in [7, 11) is 0. The van der Waals surface area contributed by atoms with Crippen molar-refractivity contribution in [3.05, 3.63) is 87.7 Å². The van der Waals surface area contributed by atoms with Crippen LogP contribution in [0.4, 0.5) is 26.3 Å². The molecule has 40 heavy (non-hydrogen) atoms. The van der Waals surface area contributed by atoms with Gasteiger partial charge in [0.1, 0.15) is 0 Å². The number of aryl methyl sites for hydroxylation is 2. The first-order chi connectivity index (χ1) is 18.7. The van der Waals surface area contributed by atoms with Crippen LogP contribution in [-0.2, 0) is 31.9 Å². The van der Waals surface area contributed by atoms with Crippen LogP contribution in [0.25, 0.3) is 0 Å². The van der Waals surface area contributed by atoms with Gasteiger partial charge in [-0.1, -0.05) is 18.2 Å². The molecule has 0 spiro atoms. The molecule has 1 saturated heterocycles. The summed E-state index contributed by atoms with van der Waals surface area (Å²) in [4.78, 5) is 17.0. The lowest BCUT2D eigenvalue weighted by Crippen LogP contribution is -2.55. The summed E-state index contributed by atoms with van der Waals surface area (Å²) in [6, 6.07) is 6.34. The number of carbonyl (C=O) groups excluding carboxylic acids is 1. The average Bonchev–Trinajstić information content (AvgIpc) is 3.31. The summed E-state index contributed by atoms with van der Waals surface area (Å²) in [5.74, 6) is -0.874. The third-order valence-corrected chi connectivity index (χ3v) is 7.13. The van der Waals surface area contributed by atoms with Crippen LogP contribution < -0.4 is 0 Å². The molecule has 1 aromatic heterocycles. The number of benzene rings is 2. The fraction of sp³-hybridized carbons (Fsp3) is 0.429. The first-order valence-corrected chi connectivity index (χ1v) is 12.8. The minimum Gasteiger partial charge on any atom is -0.394 e. The number of rotatable bonds is 7. The molecule has 2 aromatic carbocycles. The van der Waals surface area contributed by atoms with Crippen molar-refractivity contribution in [3.8, 4) is 0 Å². The lowest BCUT2D eigenvalue weighted by molar-refractivity contribution is -0.143. The van der Waals surface area contributed by atoms with E-state index in [1.54, 1.807) is 17.1 Å². The highest BCUT2D eigenvalue weighted by atomic mass is 19.4. The van der Waals surface area contributed by atoms with Crippen LogP contribution in [0.1, 0.15) is 43.7 Å². The van der Waals surface area contributed by atoms with Crippen LogP contribution in [0.5, 0.6) is 0 Å². The van der Waals surface area contributed by atoms with Crippen molar-refractivity contribution in [2.24, 2.45) is 0 Å². The van der Waals surface area contributed by atoms with Gasteiger partial charge < -0.3 is 10.0 Å². The van der Waals surface area contributed by atoms with Crippen LogP contribution in [-0.4, -0.2) is 62.9 Å². The molecular formula is C28H30F6N4O2. The normalized spacial score (nSPS) is 16.9. The molecule has 12 heteroatoms. The number of aliphatic hydroxyl groups is 1. The smallest absolute Gasteiger partial charge is 0.394 e. The van der Waals surface area contributed by atoms with Gasteiger partial charge in [0.15, 0.2) is 0 Å². The van der Waals surface area contributed by atoms with Gasteiger partial charge in [-0.15, -0.1) is 0 Å². The highest BCUT2D eigenvalue weighted by molar-refractivity contribution is 5.95. The van der Waals surface area contributed by atoms with E-state index in [0.717, 1.165) is 22.3 Å². The monoisotopic (exact) mass is 568 g/mol. The van der Waals surface area contributed by atoms with Crippen molar-refractivity contribution in [3.63, 3.8) is 0 Å². The van der Waals surface area contributed by atoms with Crippen molar-refractivity contribution in [2.45, 2.75) is 51.8 Å². The third kappa shape index (κ3) is 7.03. The third-order valence-electron chi connectivity index (χ3n) is 7.13. The number of carbonyl (C=O) groups is 1. The number of piperazine rings is 1. The second-order valence-corrected chi connectivity index (χ2v) is 10.1. The molecule has 1 amide bonds. The maximum absolute atomic E-state index is 13.6. The number of amides is 1. The van der Waals surface area contributed by atoms with Gasteiger partial charge >= 0.3 is 12.4 Å². The Balaban J connectivity index is 1.64. The molecule has 0 radical (unpaired) electrons. The number of aliphatic hydroxyl groups excluding tert-OH is 1. The lowest BCUT2D eigenvalue weighted by Gasteiger charge is -2.42. The van der Waals surface area contributed by atoms with Gasteiger partial charge in [0.05, 0.1) is 30.5 Å². The summed E-state index contributed by atoms with van der Waals surface area (Å²) in [6.45, 7) is 5.51. The first-order valence-electron chi connectivity index (χ1n) is 12.8. The minimum absolute atomic E-state index is 0.0260. The van der Waals surface area contributed by atoms with Gasteiger partial charge in [-0.05, 0) is 55.2 Å². The van der Waals surface area contributed by atoms with Crippen LogP contribution in [0, 0.1) is 13.8 Å². The molecule has 216 valence electrons. The summed E-state index contributed by atoms with van der Waals surface area (Å²) < 4.78 is 82.4. The minimum atomic E-state index is -5.05. The zero-order valence-electron chi connectivity index (χ0n) is 22.1. The molecule has 3 aromatic rings. The molecule has 1 aliphatic rings. The molecule has 0 bridgehead atoms. The van der Waals surface area contributed by atoms with E-state index in [9.17, 15) is 31.1 Å². The first kappa shape index (κ1) is 29.6. The summed E-state index contributed by atoms with van der Waals surface area (Å²) in [6.07, 6.45) is -6.25. The van der Waals surface area contributed by atoms with Gasteiger partial charge in [-0.3, -0.25) is 14.4 Å². The molecule has 1 fully saturated rings. The number of aromatic nitrogens is 2. The van der Waals surface area contributed by atoms with Crippen molar-refractivity contribution in [2.75, 3.05) is 26.2 Å². The highest BCUT2D eigenvalue weighted by Crippen LogP contribution is 2.37. The maximum atomic E-state index is 13.6. The summed E-state index contributed by atoms with van der Waals surface area (Å²) in [5, 5.41) is 13.3. The van der Waals surface area contributed by atoms with E-state index in [1.807, 2.05) is 32.0 Å². The van der Waals surface area contributed by atoms with E-state index < -0.39 is 41.0 Å². The molecule has 1 aliphatic heterocycles. The topological polar surface area (TPSA) is 61.6 Å². The van der Waals surface area contributed by atoms with Crippen LogP contribution >= 0.6 is 0 Å². The van der Waals surface area contributed by atoms with Crippen LogP contribution in [0.15, 0.2) is 48.8 Å². The molecule has 2 heterocycles. The Morgan fingerprint density at radius 3 is 2.23 bits per heavy atom. The Bertz CT molecular complexity index is 1320. The van der Waals surface area contributed by atoms with Gasteiger partial charge in [0, 0.05) is 49.5 Å². The molecule has 6 nitrogen and oxygen atoms in total. The predicted octanol–water partition coefficient (Wildman–Crippen LogP) is 5.10. The number of nitrogens with zero attached hydrogens (tertiary/aromatic N) is 4.